The van der Waals surface area contributed by atoms with Crippen molar-refractivity contribution in [3.8, 4) is 0 Å². The monoisotopic (exact) mass is 163 g/mol. The minimum atomic E-state index is -0.253. The van der Waals surface area contributed by atoms with E-state index in [1.807, 2.05) is 6.92 Å². The Morgan fingerprint density at radius 3 is 3.33 bits per heavy atom. The van der Waals surface area contributed by atoms with E-state index in [0.29, 0.717) is 5.56 Å². The molecule has 0 saturated carbocycles. The number of carbonyl (C=O) groups excluding carboxylic acids is 1. The third kappa shape index (κ3) is 1.07. The van der Waals surface area contributed by atoms with Gasteiger partial charge in [-0.2, -0.15) is 0 Å². The van der Waals surface area contributed by atoms with Crippen molar-refractivity contribution in [2.45, 2.75) is 19.4 Å². The fourth-order valence-corrected chi connectivity index (χ4v) is 1.35. The van der Waals surface area contributed by atoms with Gasteiger partial charge >= 0.3 is 5.97 Å². The van der Waals surface area contributed by atoms with Gasteiger partial charge in [-0.05, 0) is 19.1 Å². The number of esters is 1. The second-order valence-corrected chi connectivity index (χ2v) is 2.92. The van der Waals surface area contributed by atoms with Crippen LogP contribution in [0.3, 0.4) is 0 Å². The molecule has 3 heteroatoms. The lowest BCUT2D eigenvalue weighted by Gasteiger charge is -2.19. The van der Waals surface area contributed by atoms with Crippen LogP contribution in [0, 0.1) is 0 Å². The third-order valence-electron chi connectivity index (χ3n) is 1.90. The van der Waals surface area contributed by atoms with E-state index in [2.05, 4.69) is 4.98 Å². The maximum atomic E-state index is 11.2. The zero-order valence-corrected chi connectivity index (χ0v) is 6.78. The van der Waals surface area contributed by atoms with Gasteiger partial charge in [0.1, 0.15) is 6.10 Å². The van der Waals surface area contributed by atoms with Gasteiger partial charge in [0.15, 0.2) is 0 Å². The van der Waals surface area contributed by atoms with Crippen LogP contribution in [-0.2, 0) is 11.2 Å². The first kappa shape index (κ1) is 7.28. The molecule has 0 spiro atoms. The van der Waals surface area contributed by atoms with E-state index in [1.165, 1.54) is 0 Å². The Labute approximate surface area is 70.4 Å². The van der Waals surface area contributed by atoms with Crippen LogP contribution in [0.5, 0.6) is 0 Å². The Morgan fingerprint density at radius 2 is 2.50 bits per heavy atom. The summed E-state index contributed by atoms with van der Waals surface area (Å²) in [5.41, 5.74) is 1.46. The molecule has 1 unspecified atom stereocenters. The number of aromatic nitrogens is 1. The number of hydrogen-bond acceptors (Lipinski definition) is 3. The average molecular weight is 163 g/mol. The van der Waals surface area contributed by atoms with Crippen LogP contribution >= 0.6 is 0 Å². The molecule has 12 heavy (non-hydrogen) atoms. The fourth-order valence-electron chi connectivity index (χ4n) is 1.35. The number of nitrogens with zero attached hydrogens (tertiary/aromatic N) is 1. The van der Waals surface area contributed by atoms with Gasteiger partial charge < -0.3 is 4.74 Å². The van der Waals surface area contributed by atoms with Gasteiger partial charge in [-0.3, -0.25) is 4.98 Å². The highest BCUT2D eigenvalue weighted by Gasteiger charge is 2.23. The number of cyclic esters (lactones) is 1. The molecule has 1 atom stereocenters. The van der Waals surface area contributed by atoms with Crippen molar-refractivity contribution in [2.24, 2.45) is 0 Å². The lowest BCUT2D eigenvalue weighted by atomic mass is 10.1. The Hall–Kier alpha value is -1.38. The lowest BCUT2D eigenvalue weighted by molar-refractivity contribution is 0.0297. The van der Waals surface area contributed by atoms with Crippen molar-refractivity contribution in [2.75, 3.05) is 0 Å². The summed E-state index contributed by atoms with van der Waals surface area (Å²) in [5, 5.41) is 0. The summed E-state index contributed by atoms with van der Waals surface area (Å²) in [5.74, 6) is -0.253. The van der Waals surface area contributed by atoms with E-state index in [-0.39, 0.29) is 12.1 Å². The summed E-state index contributed by atoms with van der Waals surface area (Å²) < 4.78 is 5.03. The molecule has 2 heterocycles. The molecule has 3 nitrogen and oxygen atoms in total. The van der Waals surface area contributed by atoms with Crippen LogP contribution in [0.25, 0.3) is 0 Å². The van der Waals surface area contributed by atoms with E-state index in [4.69, 9.17) is 4.74 Å². The molecule has 0 amide bonds. The number of rotatable bonds is 0. The van der Waals surface area contributed by atoms with Crippen LogP contribution < -0.4 is 0 Å². The maximum Gasteiger partial charge on any atom is 0.340 e. The summed E-state index contributed by atoms with van der Waals surface area (Å²) in [6.07, 6.45) is 2.38. The average Bonchev–Trinajstić information content (AvgIpc) is 2.04. The number of hydrogen-bond donors (Lipinski definition) is 0. The van der Waals surface area contributed by atoms with Gasteiger partial charge in [0.2, 0.25) is 0 Å². The standard InChI is InChI=1S/C9H9NO2/c1-6-5-8-7(9(11)12-6)3-2-4-10-8/h2-4,6H,5H2,1H3. The van der Waals surface area contributed by atoms with E-state index in [1.54, 1.807) is 18.3 Å². The van der Waals surface area contributed by atoms with E-state index >= 15 is 0 Å². The summed E-state index contributed by atoms with van der Waals surface area (Å²) in [6.45, 7) is 1.87. The van der Waals surface area contributed by atoms with Crippen molar-refractivity contribution in [1.82, 2.24) is 4.98 Å². The zero-order valence-electron chi connectivity index (χ0n) is 6.78. The van der Waals surface area contributed by atoms with Crippen molar-refractivity contribution < 1.29 is 9.53 Å². The van der Waals surface area contributed by atoms with Gasteiger partial charge in [-0.25, -0.2) is 4.79 Å². The van der Waals surface area contributed by atoms with Crippen LogP contribution in [0.2, 0.25) is 0 Å². The van der Waals surface area contributed by atoms with Crippen molar-refractivity contribution in [3.63, 3.8) is 0 Å². The number of carbonyl (C=O) groups is 1. The van der Waals surface area contributed by atoms with Crippen LogP contribution in [0.4, 0.5) is 0 Å². The quantitative estimate of drug-likeness (QED) is 0.539. The molecule has 1 aliphatic rings. The number of pyridine rings is 1. The highest BCUT2D eigenvalue weighted by Crippen LogP contribution is 2.17. The van der Waals surface area contributed by atoms with Gasteiger partial charge in [0.05, 0.1) is 11.3 Å². The molecular weight excluding hydrogens is 154 g/mol. The molecule has 62 valence electrons. The number of fused-ring (bicyclic) bond motifs is 1. The molecule has 0 N–H and O–H groups in total. The van der Waals surface area contributed by atoms with Crippen molar-refractivity contribution in [1.29, 1.82) is 0 Å². The molecule has 1 aromatic rings. The zero-order chi connectivity index (χ0) is 8.55. The summed E-state index contributed by atoms with van der Waals surface area (Å²) >= 11 is 0. The van der Waals surface area contributed by atoms with Gasteiger partial charge in [0.25, 0.3) is 0 Å². The molecule has 0 aliphatic carbocycles. The molecule has 1 aromatic heterocycles. The third-order valence-corrected chi connectivity index (χ3v) is 1.90. The van der Waals surface area contributed by atoms with Gasteiger partial charge in [0, 0.05) is 12.6 Å². The fraction of sp³-hybridized carbons (Fsp3) is 0.333. The second kappa shape index (κ2) is 2.59. The molecule has 2 rings (SSSR count). The molecule has 0 fully saturated rings. The minimum Gasteiger partial charge on any atom is -0.459 e. The Kier molecular flexibility index (Phi) is 1.57. The first-order valence-electron chi connectivity index (χ1n) is 3.92. The van der Waals surface area contributed by atoms with E-state index < -0.39 is 0 Å². The molecular formula is C9H9NO2. The van der Waals surface area contributed by atoms with Crippen LogP contribution in [-0.4, -0.2) is 17.1 Å². The maximum absolute atomic E-state index is 11.2. The lowest BCUT2D eigenvalue weighted by Crippen LogP contribution is -2.25. The predicted octanol–water partition coefficient (Wildman–Crippen LogP) is 1.18. The van der Waals surface area contributed by atoms with E-state index in [9.17, 15) is 4.79 Å². The molecule has 0 aromatic carbocycles. The first-order valence-corrected chi connectivity index (χ1v) is 3.92. The van der Waals surface area contributed by atoms with Gasteiger partial charge in [-0.1, -0.05) is 0 Å². The molecule has 0 bridgehead atoms. The highest BCUT2D eigenvalue weighted by atomic mass is 16.5. The summed E-state index contributed by atoms with van der Waals surface area (Å²) in [4.78, 5) is 15.4. The minimum absolute atomic E-state index is 0.0418. The van der Waals surface area contributed by atoms with Crippen LogP contribution in [0.15, 0.2) is 18.3 Å². The van der Waals surface area contributed by atoms with Gasteiger partial charge in [-0.15, -0.1) is 0 Å². The Balaban J connectivity index is 2.47. The SMILES string of the molecule is CC1Cc2ncccc2C(=O)O1. The summed E-state index contributed by atoms with van der Waals surface area (Å²) in [7, 11) is 0. The Morgan fingerprint density at radius 1 is 1.67 bits per heavy atom. The highest BCUT2D eigenvalue weighted by molar-refractivity contribution is 5.91. The summed E-state index contributed by atoms with van der Waals surface area (Å²) in [6, 6.07) is 3.49. The van der Waals surface area contributed by atoms with Crippen LogP contribution in [0.1, 0.15) is 23.0 Å². The Bertz CT molecular complexity index is 322. The predicted molar refractivity (Wildman–Crippen MR) is 42.8 cm³/mol. The molecule has 0 radical (unpaired) electrons. The molecule has 0 saturated heterocycles. The first-order chi connectivity index (χ1) is 5.77. The smallest absolute Gasteiger partial charge is 0.340 e. The number of ether oxygens (including phenoxy) is 1. The molecule has 1 aliphatic heterocycles. The second-order valence-electron chi connectivity index (χ2n) is 2.92. The largest absolute Gasteiger partial charge is 0.459 e. The van der Waals surface area contributed by atoms with E-state index in [0.717, 1.165) is 12.1 Å². The van der Waals surface area contributed by atoms with Crippen molar-refractivity contribution in [3.05, 3.63) is 29.6 Å². The normalized spacial score (nSPS) is 21.4. The van der Waals surface area contributed by atoms with Crippen molar-refractivity contribution >= 4 is 5.97 Å². The topological polar surface area (TPSA) is 39.2 Å².